The number of nitrogens with zero attached hydrogens (tertiary/aromatic N) is 4. The monoisotopic (exact) mass is 281 g/mol. The summed E-state index contributed by atoms with van der Waals surface area (Å²) in [5.74, 6) is 0.926. The van der Waals surface area contributed by atoms with Crippen molar-refractivity contribution in [2.45, 2.75) is 13.1 Å². The second-order valence-corrected chi connectivity index (χ2v) is 5.21. The van der Waals surface area contributed by atoms with Crippen molar-refractivity contribution in [3.63, 3.8) is 0 Å². The van der Waals surface area contributed by atoms with E-state index in [4.69, 9.17) is 0 Å². The Morgan fingerprint density at radius 3 is 2.57 bits per heavy atom. The van der Waals surface area contributed by atoms with Crippen LogP contribution in [-0.2, 0) is 13.1 Å². The second kappa shape index (κ2) is 5.93. The summed E-state index contributed by atoms with van der Waals surface area (Å²) in [4.78, 5) is 2.10. The molecule has 2 heterocycles. The molecule has 0 bridgehead atoms. The van der Waals surface area contributed by atoms with Gasteiger partial charge in [-0.3, -0.25) is 4.40 Å². The number of anilines is 1. The maximum atomic E-state index is 4.21. The minimum Gasteiger partial charge on any atom is -0.378 e. The van der Waals surface area contributed by atoms with Gasteiger partial charge in [0.05, 0.1) is 6.54 Å². The molecule has 0 unspecified atom stereocenters. The molecule has 0 saturated carbocycles. The van der Waals surface area contributed by atoms with Crippen molar-refractivity contribution in [2.24, 2.45) is 0 Å². The molecule has 1 aromatic carbocycles. The number of pyridine rings is 1. The van der Waals surface area contributed by atoms with Crippen molar-refractivity contribution < 1.29 is 0 Å². The molecule has 3 aromatic rings. The first-order valence-electron chi connectivity index (χ1n) is 6.99. The summed E-state index contributed by atoms with van der Waals surface area (Å²) in [5.41, 5.74) is 3.35. The molecule has 3 rings (SSSR count). The Labute approximate surface area is 124 Å². The first-order valence-corrected chi connectivity index (χ1v) is 6.99. The van der Waals surface area contributed by atoms with Crippen LogP contribution < -0.4 is 10.2 Å². The molecule has 21 heavy (non-hydrogen) atoms. The molecule has 0 aliphatic heterocycles. The van der Waals surface area contributed by atoms with E-state index < -0.39 is 0 Å². The molecular formula is C16H19N5. The van der Waals surface area contributed by atoms with Crippen LogP contribution in [0.2, 0.25) is 0 Å². The number of nitrogens with one attached hydrogen (secondary N) is 1. The molecule has 2 aromatic heterocycles. The van der Waals surface area contributed by atoms with Gasteiger partial charge in [-0.2, -0.15) is 0 Å². The van der Waals surface area contributed by atoms with E-state index in [1.807, 2.05) is 42.9 Å². The van der Waals surface area contributed by atoms with Crippen molar-refractivity contribution in [3.8, 4) is 0 Å². The van der Waals surface area contributed by atoms with Crippen molar-refractivity contribution >= 4 is 11.3 Å². The zero-order chi connectivity index (χ0) is 14.7. The minimum atomic E-state index is 0.695. The molecule has 0 saturated heterocycles. The van der Waals surface area contributed by atoms with Crippen LogP contribution in [0, 0.1) is 0 Å². The van der Waals surface area contributed by atoms with Crippen LogP contribution in [0.15, 0.2) is 48.7 Å². The smallest absolute Gasteiger partial charge is 0.160 e. The summed E-state index contributed by atoms with van der Waals surface area (Å²) >= 11 is 0. The molecule has 0 spiro atoms. The minimum absolute atomic E-state index is 0.695. The fourth-order valence-electron chi connectivity index (χ4n) is 2.24. The molecular weight excluding hydrogens is 262 g/mol. The lowest BCUT2D eigenvalue weighted by Gasteiger charge is -2.12. The van der Waals surface area contributed by atoms with Gasteiger partial charge < -0.3 is 10.2 Å². The number of hydrogen-bond donors (Lipinski definition) is 1. The van der Waals surface area contributed by atoms with Crippen molar-refractivity contribution in [1.29, 1.82) is 0 Å². The summed E-state index contributed by atoms with van der Waals surface area (Å²) in [7, 11) is 4.09. The predicted octanol–water partition coefficient (Wildman–Crippen LogP) is 2.09. The Hall–Kier alpha value is -2.40. The lowest BCUT2D eigenvalue weighted by Crippen LogP contribution is -2.15. The van der Waals surface area contributed by atoms with E-state index in [0.29, 0.717) is 6.54 Å². The van der Waals surface area contributed by atoms with E-state index in [9.17, 15) is 0 Å². The number of aromatic nitrogens is 3. The topological polar surface area (TPSA) is 45.5 Å². The van der Waals surface area contributed by atoms with E-state index in [-0.39, 0.29) is 0 Å². The van der Waals surface area contributed by atoms with E-state index in [1.165, 1.54) is 11.3 Å². The largest absolute Gasteiger partial charge is 0.378 e. The first kappa shape index (κ1) is 13.6. The molecule has 0 atom stereocenters. The van der Waals surface area contributed by atoms with E-state index in [1.54, 1.807) is 0 Å². The molecule has 0 amide bonds. The lowest BCUT2D eigenvalue weighted by molar-refractivity contribution is 0.657. The molecule has 108 valence electrons. The second-order valence-electron chi connectivity index (χ2n) is 5.21. The molecule has 0 radical (unpaired) electrons. The summed E-state index contributed by atoms with van der Waals surface area (Å²) in [6.45, 7) is 1.51. The van der Waals surface area contributed by atoms with Crippen molar-refractivity contribution in [3.05, 3.63) is 60.0 Å². The highest BCUT2D eigenvalue weighted by Gasteiger charge is 2.03. The van der Waals surface area contributed by atoms with Gasteiger partial charge in [-0.05, 0) is 29.8 Å². The SMILES string of the molecule is CN(C)c1ccc(CNCc2nnc3ccccn23)cc1. The lowest BCUT2D eigenvalue weighted by atomic mass is 10.2. The van der Waals surface area contributed by atoms with Gasteiger partial charge in [-0.15, -0.1) is 10.2 Å². The first-order chi connectivity index (χ1) is 10.2. The zero-order valence-corrected chi connectivity index (χ0v) is 12.3. The van der Waals surface area contributed by atoms with E-state index >= 15 is 0 Å². The molecule has 0 fully saturated rings. The van der Waals surface area contributed by atoms with Crippen LogP contribution in [-0.4, -0.2) is 28.7 Å². The highest BCUT2D eigenvalue weighted by molar-refractivity contribution is 5.46. The highest BCUT2D eigenvalue weighted by Crippen LogP contribution is 2.12. The summed E-state index contributed by atoms with van der Waals surface area (Å²) in [6.07, 6.45) is 1.98. The maximum Gasteiger partial charge on any atom is 0.160 e. The van der Waals surface area contributed by atoms with Crippen LogP contribution in [0.3, 0.4) is 0 Å². The van der Waals surface area contributed by atoms with Gasteiger partial charge in [0.1, 0.15) is 0 Å². The number of rotatable bonds is 5. The maximum absolute atomic E-state index is 4.21. The Balaban J connectivity index is 1.61. The average molecular weight is 281 g/mol. The fraction of sp³-hybridized carbons (Fsp3) is 0.250. The van der Waals surface area contributed by atoms with Crippen molar-refractivity contribution in [1.82, 2.24) is 19.9 Å². The molecule has 0 aliphatic rings. The quantitative estimate of drug-likeness (QED) is 0.778. The number of benzene rings is 1. The average Bonchev–Trinajstić information content (AvgIpc) is 2.91. The Bertz CT molecular complexity index is 715. The molecule has 0 aliphatic carbocycles. The summed E-state index contributed by atoms with van der Waals surface area (Å²) in [6, 6.07) is 14.4. The third-order valence-corrected chi connectivity index (χ3v) is 3.45. The zero-order valence-electron chi connectivity index (χ0n) is 12.3. The van der Waals surface area contributed by atoms with E-state index in [0.717, 1.165) is 18.0 Å². The van der Waals surface area contributed by atoms with Gasteiger partial charge in [0.25, 0.3) is 0 Å². The van der Waals surface area contributed by atoms with E-state index in [2.05, 4.69) is 44.7 Å². The Morgan fingerprint density at radius 1 is 1.00 bits per heavy atom. The molecule has 5 nitrogen and oxygen atoms in total. The van der Waals surface area contributed by atoms with Crippen LogP contribution in [0.5, 0.6) is 0 Å². The summed E-state index contributed by atoms with van der Waals surface area (Å²) < 4.78 is 2.00. The third kappa shape index (κ3) is 3.03. The fourth-order valence-corrected chi connectivity index (χ4v) is 2.24. The van der Waals surface area contributed by atoms with Gasteiger partial charge in [0.2, 0.25) is 0 Å². The van der Waals surface area contributed by atoms with Crippen LogP contribution in [0.1, 0.15) is 11.4 Å². The van der Waals surface area contributed by atoms with Gasteiger partial charge in [-0.25, -0.2) is 0 Å². The third-order valence-electron chi connectivity index (χ3n) is 3.45. The Kier molecular flexibility index (Phi) is 3.83. The summed E-state index contributed by atoms with van der Waals surface area (Å²) in [5, 5.41) is 11.8. The van der Waals surface area contributed by atoms with Crippen molar-refractivity contribution in [2.75, 3.05) is 19.0 Å². The van der Waals surface area contributed by atoms with Gasteiger partial charge in [-0.1, -0.05) is 18.2 Å². The number of hydrogen-bond acceptors (Lipinski definition) is 4. The van der Waals surface area contributed by atoms with Crippen LogP contribution in [0.4, 0.5) is 5.69 Å². The van der Waals surface area contributed by atoms with Gasteiger partial charge in [0.15, 0.2) is 11.5 Å². The normalized spacial score (nSPS) is 11.0. The molecule has 5 heteroatoms. The standard InChI is InChI=1S/C16H19N5/c1-20(2)14-8-6-13(7-9-14)11-17-12-16-19-18-15-5-3-4-10-21(15)16/h3-10,17H,11-12H2,1-2H3. The number of fused-ring (bicyclic) bond motifs is 1. The van der Waals surface area contributed by atoms with Gasteiger partial charge in [0, 0.05) is 32.5 Å². The van der Waals surface area contributed by atoms with Crippen LogP contribution in [0.25, 0.3) is 5.65 Å². The highest BCUT2D eigenvalue weighted by atomic mass is 15.3. The Morgan fingerprint density at radius 2 is 1.81 bits per heavy atom. The van der Waals surface area contributed by atoms with Gasteiger partial charge >= 0.3 is 0 Å². The van der Waals surface area contributed by atoms with Crippen LogP contribution >= 0.6 is 0 Å². The predicted molar refractivity (Wildman–Crippen MR) is 84.3 cm³/mol. The molecule has 1 N–H and O–H groups in total.